The number of amides is 2. The molecule has 2 aromatic heterocycles. The van der Waals surface area contributed by atoms with Gasteiger partial charge in [0, 0.05) is 25.4 Å². The van der Waals surface area contributed by atoms with Crippen molar-refractivity contribution in [3.8, 4) is 0 Å². The maximum Gasteiger partial charge on any atom is 0.410 e. The van der Waals surface area contributed by atoms with Gasteiger partial charge in [0.1, 0.15) is 18.0 Å². The molecule has 2 heterocycles. The van der Waals surface area contributed by atoms with Crippen molar-refractivity contribution in [3.05, 3.63) is 34.5 Å². The van der Waals surface area contributed by atoms with Gasteiger partial charge in [-0.2, -0.15) is 0 Å². The largest absolute Gasteiger partial charge is 0.444 e. The third-order valence-corrected chi connectivity index (χ3v) is 6.23. The first-order valence-corrected chi connectivity index (χ1v) is 12.3. The fourth-order valence-electron chi connectivity index (χ4n) is 3.59. The normalized spacial score (nSPS) is 15.6. The van der Waals surface area contributed by atoms with Crippen molar-refractivity contribution in [2.24, 2.45) is 5.92 Å². The third kappa shape index (κ3) is 6.84. The van der Waals surface area contributed by atoms with Crippen LogP contribution >= 0.6 is 11.3 Å². The number of likely N-dealkylation sites (N-methyl/N-ethyl adjacent to an activating group) is 1. The molecule has 10 nitrogen and oxygen atoms in total. The third-order valence-electron chi connectivity index (χ3n) is 5.20. The van der Waals surface area contributed by atoms with Gasteiger partial charge in [0.15, 0.2) is 16.7 Å². The summed E-state index contributed by atoms with van der Waals surface area (Å²) in [4.78, 5) is 61.1. The summed E-state index contributed by atoms with van der Waals surface area (Å²) in [6.45, 7) is 7.66. The second-order valence-electron chi connectivity index (χ2n) is 9.32. The molecular weight excluding hydrogens is 470 g/mol. The number of ether oxygens (including phenoxy) is 1. The van der Waals surface area contributed by atoms with Gasteiger partial charge in [-0.15, -0.1) is 0 Å². The molecule has 1 unspecified atom stereocenters. The molecule has 0 bridgehead atoms. The summed E-state index contributed by atoms with van der Waals surface area (Å²) >= 11 is 1.05. The Morgan fingerprint density at radius 1 is 1.26 bits per heavy atom. The number of hydrogen-bond donors (Lipinski definition) is 2. The molecule has 0 aromatic carbocycles. The first-order valence-electron chi connectivity index (χ1n) is 11.5. The molecule has 0 spiro atoms. The lowest BCUT2D eigenvalue weighted by atomic mass is 9.91. The molecule has 11 heteroatoms. The van der Waals surface area contributed by atoms with Crippen molar-refractivity contribution in [3.63, 3.8) is 0 Å². The molecule has 1 aliphatic carbocycles. The Kier molecular flexibility index (Phi) is 8.21. The number of Topliss-reactive ketones (excluding diaryl/α,β-unsaturated/α-hetero) is 2. The van der Waals surface area contributed by atoms with Crippen LogP contribution in [0, 0.1) is 5.92 Å². The Morgan fingerprint density at radius 2 is 2.00 bits per heavy atom. The van der Waals surface area contributed by atoms with E-state index < -0.39 is 23.5 Å². The van der Waals surface area contributed by atoms with E-state index in [0.29, 0.717) is 47.8 Å². The highest BCUT2D eigenvalue weighted by atomic mass is 32.1. The van der Waals surface area contributed by atoms with Gasteiger partial charge < -0.3 is 20.3 Å². The van der Waals surface area contributed by atoms with Crippen molar-refractivity contribution in [2.75, 3.05) is 30.8 Å². The lowest BCUT2D eigenvalue weighted by Crippen LogP contribution is -2.38. The van der Waals surface area contributed by atoms with E-state index >= 15 is 0 Å². The number of pyridine rings is 1. The monoisotopic (exact) mass is 501 g/mol. The van der Waals surface area contributed by atoms with Crippen LogP contribution in [-0.2, 0) is 16.0 Å². The summed E-state index contributed by atoms with van der Waals surface area (Å²) < 4.78 is 5.24. The highest BCUT2D eigenvalue weighted by Crippen LogP contribution is 2.33. The Bertz CT molecular complexity index is 1110. The van der Waals surface area contributed by atoms with E-state index in [0.717, 1.165) is 16.2 Å². The molecule has 0 saturated carbocycles. The maximum absolute atomic E-state index is 13.3. The van der Waals surface area contributed by atoms with E-state index in [4.69, 9.17) is 4.74 Å². The number of carbonyl (C=O) groups is 4. The smallest absolute Gasteiger partial charge is 0.410 e. The average Bonchev–Trinajstić information content (AvgIpc) is 3.11. The molecule has 188 valence electrons. The molecule has 0 radical (unpaired) electrons. The average molecular weight is 502 g/mol. The van der Waals surface area contributed by atoms with Crippen molar-refractivity contribution in [2.45, 2.75) is 52.6 Å². The second-order valence-corrected chi connectivity index (χ2v) is 10.3. The van der Waals surface area contributed by atoms with E-state index in [1.54, 1.807) is 32.9 Å². The Morgan fingerprint density at radius 3 is 2.63 bits per heavy atom. The molecular formula is C24H31N5O5S. The van der Waals surface area contributed by atoms with Gasteiger partial charge in [-0.1, -0.05) is 11.3 Å². The lowest BCUT2D eigenvalue weighted by Gasteiger charge is -2.24. The minimum atomic E-state index is -0.815. The fourth-order valence-corrected chi connectivity index (χ4v) is 4.61. The van der Waals surface area contributed by atoms with Crippen molar-refractivity contribution in [1.82, 2.24) is 14.9 Å². The number of thiazole rings is 1. The SMILES string of the molecule is CCNc1ccc(C(=O)C2CCCc3nc(NC(=O)CN(C)C(=O)OC(C)(C)C)sc3C2=O)cn1. The summed E-state index contributed by atoms with van der Waals surface area (Å²) in [6.07, 6.45) is 2.45. The molecule has 35 heavy (non-hydrogen) atoms. The van der Waals surface area contributed by atoms with Crippen molar-refractivity contribution in [1.29, 1.82) is 0 Å². The van der Waals surface area contributed by atoms with Crippen LogP contribution in [0.1, 0.15) is 66.3 Å². The van der Waals surface area contributed by atoms with Crippen molar-refractivity contribution < 1.29 is 23.9 Å². The van der Waals surface area contributed by atoms with Crippen LogP contribution in [0.25, 0.3) is 0 Å². The molecule has 0 fully saturated rings. The zero-order valence-electron chi connectivity index (χ0n) is 20.6. The molecule has 2 amide bonds. The molecule has 3 rings (SSSR count). The van der Waals surface area contributed by atoms with E-state index in [1.165, 1.54) is 13.2 Å². The second kappa shape index (κ2) is 10.9. The Balaban J connectivity index is 1.68. The molecule has 1 aliphatic rings. The van der Waals surface area contributed by atoms with Gasteiger partial charge in [-0.05, 0) is 59.1 Å². The number of carbonyl (C=O) groups excluding carboxylic acids is 4. The molecule has 0 saturated heterocycles. The summed E-state index contributed by atoms with van der Waals surface area (Å²) in [5.41, 5.74) is 0.288. The minimum absolute atomic E-state index is 0.232. The maximum atomic E-state index is 13.3. The van der Waals surface area contributed by atoms with Crippen LogP contribution in [0.3, 0.4) is 0 Å². The number of aryl methyl sites for hydroxylation is 1. The van der Waals surface area contributed by atoms with E-state index in [2.05, 4.69) is 20.6 Å². The number of fused-ring (bicyclic) bond motifs is 1. The highest BCUT2D eigenvalue weighted by molar-refractivity contribution is 7.17. The number of anilines is 2. The van der Waals surface area contributed by atoms with Crippen LogP contribution in [-0.4, -0.2) is 64.2 Å². The molecule has 0 aliphatic heterocycles. The number of rotatable bonds is 7. The predicted molar refractivity (Wildman–Crippen MR) is 133 cm³/mol. The number of aromatic nitrogens is 2. The summed E-state index contributed by atoms with van der Waals surface area (Å²) in [5, 5.41) is 5.98. The molecule has 2 N–H and O–H groups in total. The van der Waals surface area contributed by atoms with Gasteiger partial charge in [0.05, 0.1) is 16.5 Å². The van der Waals surface area contributed by atoms with Crippen LogP contribution in [0.4, 0.5) is 15.7 Å². The summed E-state index contributed by atoms with van der Waals surface area (Å²) in [5.74, 6) is -1.17. The summed E-state index contributed by atoms with van der Waals surface area (Å²) in [7, 11) is 1.46. The first kappa shape index (κ1) is 26.3. The number of nitrogens with zero attached hydrogens (tertiary/aromatic N) is 3. The van der Waals surface area contributed by atoms with Crippen LogP contribution in [0.2, 0.25) is 0 Å². The Hall–Kier alpha value is -3.34. The van der Waals surface area contributed by atoms with Crippen LogP contribution in [0.15, 0.2) is 18.3 Å². The van der Waals surface area contributed by atoms with Crippen LogP contribution in [0.5, 0.6) is 0 Å². The van der Waals surface area contributed by atoms with Gasteiger partial charge >= 0.3 is 6.09 Å². The molecule has 2 aromatic rings. The lowest BCUT2D eigenvalue weighted by molar-refractivity contribution is -0.117. The van der Waals surface area contributed by atoms with E-state index in [-0.39, 0.29) is 23.2 Å². The fraction of sp³-hybridized carbons (Fsp3) is 0.500. The zero-order chi connectivity index (χ0) is 25.8. The zero-order valence-corrected chi connectivity index (χ0v) is 21.5. The number of nitrogens with one attached hydrogen (secondary N) is 2. The van der Waals surface area contributed by atoms with Crippen LogP contribution < -0.4 is 10.6 Å². The number of ketones is 2. The van der Waals surface area contributed by atoms with Gasteiger partial charge in [0.25, 0.3) is 0 Å². The van der Waals surface area contributed by atoms with Gasteiger partial charge in [0.2, 0.25) is 5.91 Å². The topological polar surface area (TPSA) is 131 Å². The Labute approximate surface area is 208 Å². The standard InChI is InChI=1S/C24H31N5O5S/c1-6-25-17-11-10-14(12-26-17)19(31)15-8-7-9-16-21(20(15)32)35-22(27-16)28-18(30)13-29(5)23(33)34-24(2,3)4/h10-12,15H,6-9,13H2,1-5H3,(H,25,26)(H,27,28,30). The minimum Gasteiger partial charge on any atom is -0.444 e. The van der Waals surface area contributed by atoms with E-state index in [9.17, 15) is 19.2 Å². The molecule has 1 atom stereocenters. The quantitative estimate of drug-likeness (QED) is 0.333. The van der Waals surface area contributed by atoms with Crippen molar-refractivity contribution >= 4 is 45.9 Å². The highest BCUT2D eigenvalue weighted by Gasteiger charge is 2.34. The number of hydrogen-bond acceptors (Lipinski definition) is 9. The van der Waals surface area contributed by atoms with E-state index in [1.807, 2.05) is 6.92 Å². The van der Waals surface area contributed by atoms with Gasteiger partial charge in [-0.3, -0.25) is 14.4 Å². The first-order chi connectivity index (χ1) is 16.5. The summed E-state index contributed by atoms with van der Waals surface area (Å²) in [6, 6.07) is 3.39. The van der Waals surface area contributed by atoms with Gasteiger partial charge in [-0.25, -0.2) is 14.8 Å². The predicted octanol–water partition coefficient (Wildman–Crippen LogP) is 3.79.